The van der Waals surface area contributed by atoms with E-state index in [0.29, 0.717) is 11.0 Å². The average Bonchev–Trinajstić information content (AvgIpc) is 3.02. The van der Waals surface area contributed by atoms with E-state index in [-0.39, 0.29) is 21.9 Å². The highest BCUT2D eigenvalue weighted by atomic mass is 32.2. The zero-order valence-corrected chi connectivity index (χ0v) is 13.3. The summed E-state index contributed by atoms with van der Waals surface area (Å²) in [5.41, 5.74) is 0.724. The Morgan fingerprint density at radius 3 is 2.67 bits per heavy atom. The SMILES string of the molecule is COc1cc(C(=O)O)ccc1NS(=O)(=O)c1ccc2occc2c1. The van der Waals surface area contributed by atoms with Crippen molar-refractivity contribution in [3.05, 3.63) is 54.3 Å². The van der Waals surface area contributed by atoms with Crippen LogP contribution in [0.2, 0.25) is 0 Å². The van der Waals surface area contributed by atoms with Crippen molar-refractivity contribution in [3.8, 4) is 5.75 Å². The standard InChI is InChI=1S/C16H13NO6S/c1-22-15-9-11(16(18)19)2-4-13(15)17-24(20,21)12-3-5-14-10(8-12)6-7-23-14/h2-9,17H,1H3,(H,18,19). The summed E-state index contributed by atoms with van der Waals surface area (Å²) in [5, 5.41) is 9.64. The second-order valence-electron chi connectivity index (χ2n) is 4.95. The lowest BCUT2D eigenvalue weighted by atomic mass is 10.2. The number of ether oxygens (including phenoxy) is 1. The molecule has 0 amide bonds. The number of furan rings is 1. The molecule has 0 radical (unpaired) electrons. The van der Waals surface area contributed by atoms with Gasteiger partial charge in [0.1, 0.15) is 11.3 Å². The minimum absolute atomic E-state index is 0.00499. The first-order chi connectivity index (χ1) is 11.4. The van der Waals surface area contributed by atoms with Crippen LogP contribution < -0.4 is 9.46 Å². The van der Waals surface area contributed by atoms with Gasteiger partial charge >= 0.3 is 5.97 Å². The number of aromatic carboxylic acids is 1. The summed E-state index contributed by atoms with van der Waals surface area (Å²) in [5.74, 6) is -1.02. The zero-order chi connectivity index (χ0) is 17.3. The molecular formula is C16H13NO6S. The molecular weight excluding hydrogens is 334 g/mol. The van der Waals surface area contributed by atoms with Gasteiger partial charge in [-0.25, -0.2) is 13.2 Å². The second kappa shape index (κ2) is 5.89. The molecule has 24 heavy (non-hydrogen) atoms. The van der Waals surface area contributed by atoms with Crippen LogP contribution in [0.15, 0.2) is 58.0 Å². The summed E-state index contributed by atoms with van der Waals surface area (Å²) < 4.78 is 37.7. The summed E-state index contributed by atoms with van der Waals surface area (Å²) in [6.07, 6.45) is 1.47. The molecule has 0 aliphatic heterocycles. The fourth-order valence-electron chi connectivity index (χ4n) is 2.22. The van der Waals surface area contributed by atoms with Gasteiger partial charge in [0, 0.05) is 5.39 Å². The third kappa shape index (κ3) is 2.91. The van der Waals surface area contributed by atoms with Crippen LogP contribution in [-0.2, 0) is 10.0 Å². The lowest BCUT2D eigenvalue weighted by molar-refractivity contribution is 0.0696. The Balaban J connectivity index is 1.98. The van der Waals surface area contributed by atoms with Gasteiger partial charge in [0.15, 0.2) is 0 Å². The normalized spacial score (nSPS) is 11.4. The minimum Gasteiger partial charge on any atom is -0.495 e. The van der Waals surface area contributed by atoms with Crippen molar-refractivity contribution >= 4 is 32.6 Å². The Bertz CT molecular complexity index is 1020. The Hall–Kier alpha value is -3.00. The summed E-state index contributed by atoms with van der Waals surface area (Å²) in [6.45, 7) is 0. The highest BCUT2D eigenvalue weighted by molar-refractivity contribution is 7.92. The minimum atomic E-state index is -3.87. The molecule has 2 aromatic carbocycles. The van der Waals surface area contributed by atoms with Gasteiger partial charge in [-0.2, -0.15) is 0 Å². The summed E-state index contributed by atoms with van der Waals surface area (Å²) in [4.78, 5) is 11.0. The van der Waals surface area contributed by atoms with Gasteiger partial charge in [0.05, 0.1) is 29.5 Å². The van der Waals surface area contributed by atoms with Crippen LogP contribution >= 0.6 is 0 Å². The number of anilines is 1. The number of carboxylic acids is 1. The largest absolute Gasteiger partial charge is 0.495 e. The number of carboxylic acid groups (broad SMARTS) is 1. The second-order valence-corrected chi connectivity index (χ2v) is 6.63. The van der Waals surface area contributed by atoms with E-state index in [1.807, 2.05) is 0 Å². The van der Waals surface area contributed by atoms with E-state index in [9.17, 15) is 13.2 Å². The topological polar surface area (TPSA) is 106 Å². The molecule has 0 aliphatic rings. The van der Waals surface area contributed by atoms with E-state index >= 15 is 0 Å². The van der Waals surface area contributed by atoms with Crippen LogP contribution in [0.3, 0.4) is 0 Å². The Kier molecular flexibility index (Phi) is 3.90. The third-order valence-corrected chi connectivity index (χ3v) is 4.79. The molecule has 2 N–H and O–H groups in total. The number of methoxy groups -OCH3 is 1. The van der Waals surface area contributed by atoms with Crippen molar-refractivity contribution in [1.29, 1.82) is 0 Å². The van der Waals surface area contributed by atoms with Crippen molar-refractivity contribution < 1.29 is 27.5 Å². The fourth-order valence-corrected chi connectivity index (χ4v) is 3.33. The molecule has 0 saturated heterocycles. The first-order valence-electron chi connectivity index (χ1n) is 6.82. The number of hydrogen-bond acceptors (Lipinski definition) is 5. The van der Waals surface area contributed by atoms with E-state index in [1.54, 1.807) is 12.1 Å². The van der Waals surface area contributed by atoms with Crippen molar-refractivity contribution in [2.75, 3.05) is 11.8 Å². The molecule has 0 spiro atoms. The predicted octanol–water partition coefficient (Wildman–Crippen LogP) is 2.94. The summed E-state index contributed by atoms with van der Waals surface area (Å²) in [7, 11) is -2.54. The van der Waals surface area contributed by atoms with E-state index in [1.165, 1.54) is 43.7 Å². The maximum Gasteiger partial charge on any atom is 0.335 e. The Morgan fingerprint density at radius 2 is 1.96 bits per heavy atom. The molecule has 0 unspecified atom stereocenters. The van der Waals surface area contributed by atoms with Crippen molar-refractivity contribution in [2.45, 2.75) is 4.90 Å². The van der Waals surface area contributed by atoms with E-state index in [0.717, 1.165) is 0 Å². The first-order valence-corrected chi connectivity index (χ1v) is 8.30. The molecule has 0 fully saturated rings. The van der Waals surface area contributed by atoms with Crippen molar-refractivity contribution in [2.24, 2.45) is 0 Å². The average molecular weight is 347 g/mol. The number of hydrogen-bond donors (Lipinski definition) is 2. The van der Waals surface area contributed by atoms with Gasteiger partial charge in [-0.05, 0) is 42.5 Å². The summed E-state index contributed by atoms with van der Waals surface area (Å²) in [6, 6.07) is 10.0. The molecule has 124 valence electrons. The highest BCUT2D eigenvalue weighted by Crippen LogP contribution is 2.29. The molecule has 1 heterocycles. The number of sulfonamides is 1. The number of rotatable bonds is 5. The van der Waals surface area contributed by atoms with Crippen LogP contribution in [0.1, 0.15) is 10.4 Å². The fraction of sp³-hybridized carbons (Fsp3) is 0.0625. The number of fused-ring (bicyclic) bond motifs is 1. The maximum absolute atomic E-state index is 12.5. The molecule has 0 saturated carbocycles. The van der Waals surface area contributed by atoms with Gasteiger partial charge in [-0.1, -0.05) is 0 Å². The summed E-state index contributed by atoms with van der Waals surface area (Å²) >= 11 is 0. The molecule has 8 heteroatoms. The Morgan fingerprint density at radius 1 is 1.17 bits per heavy atom. The number of benzene rings is 2. The van der Waals surface area contributed by atoms with Gasteiger partial charge in [-0.15, -0.1) is 0 Å². The number of nitrogens with one attached hydrogen (secondary N) is 1. The molecule has 7 nitrogen and oxygen atoms in total. The van der Waals surface area contributed by atoms with Gasteiger partial charge < -0.3 is 14.3 Å². The van der Waals surface area contributed by atoms with E-state index in [2.05, 4.69) is 4.72 Å². The van der Waals surface area contributed by atoms with Crippen molar-refractivity contribution in [3.63, 3.8) is 0 Å². The van der Waals surface area contributed by atoms with Crippen LogP contribution in [-0.4, -0.2) is 26.6 Å². The first kappa shape index (κ1) is 15.9. The quantitative estimate of drug-likeness (QED) is 0.735. The third-order valence-electron chi connectivity index (χ3n) is 3.43. The predicted molar refractivity (Wildman–Crippen MR) is 87.0 cm³/mol. The highest BCUT2D eigenvalue weighted by Gasteiger charge is 2.18. The lowest BCUT2D eigenvalue weighted by Crippen LogP contribution is -2.14. The Labute approximate surface area is 137 Å². The molecule has 1 aromatic heterocycles. The van der Waals surface area contributed by atoms with Gasteiger partial charge in [-0.3, -0.25) is 4.72 Å². The smallest absolute Gasteiger partial charge is 0.335 e. The van der Waals surface area contributed by atoms with E-state index in [4.69, 9.17) is 14.3 Å². The molecule has 3 rings (SSSR count). The zero-order valence-electron chi connectivity index (χ0n) is 12.5. The molecule has 0 atom stereocenters. The number of carbonyl (C=O) groups is 1. The van der Waals surface area contributed by atoms with Gasteiger partial charge in [0.25, 0.3) is 10.0 Å². The monoisotopic (exact) mass is 347 g/mol. The van der Waals surface area contributed by atoms with Gasteiger partial charge in [0.2, 0.25) is 0 Å². The molecule has 0 aliphatic carbocycles. The van der Waals surface area contributed by atoms with Crippen LogP contribution in [0.5, 0.6) is 5.75 Å². The maximum atomic E-state index is 12.5. The molecule has 0 bridgehead atoms. The molecule has 3 aromatic rings. The van der Waals surface area contributed by atoms with E-state index < -0.39 is 16.0 Å². The van der Waals surface area contributed by atoms with Crippen LogP contribution in [0, 0.1) is 0 Å². The van der Waals surface area contributed by atoms with Crippen LogP contribution in [0.4, 0.5) is 5.69 Å². The van der Waals surface area contributed by atoms with Crippen LogP contribution in [0.25, 0.3) is 11.0 Å². The van der Waals surface area contributed by atoms with Crippen molar-refractivity contribution in [1.82, 2.24) is 0 Å². The lowest BCUT2D eigenvalue weighted by Gasteiger charge is -2.12.